The van der Waals surface area contributed by atoms with Crippen LogP contribution in [0.4, 0.5) is 0 Å². The first-order valence-electron chi connectivity index (χ1n) is 8.55. The van der Waals surface area contributed by atoms with Crippen LogP contribution in [0.15, 0.2) is 24.3 Å². The Morgan fingerprint density at radius 1 is 1.30 bits per heavy atom. The Balaban J connectivity index is 1.44. The Morgan fingerprint density at radius 3 is 2.96 bits per heavy atom. The highest BCUT2D eigenvalue weighted by molar-refractivity contribution is 5.42. The van der Waals surface area contributed by atoms with Crippen LogP contribution in [-0.2, 0) is 0 Å². The molecular formula is C18H25N3O2. The summed E-state index contributed by atoms with van der Waals surface area (Å²) in [7, 11) is 0. The molecule has 124 valence electrons. The predicted molar refractivity (Wildman–Crippen MR) is 88.3 cm³/mol. The molecule has 2 N–H and O–H groups in total. The van der Waals surface area contributed by atoms with Gasteiger partial charge in [0.05, 0.1) is 11.7 Å². The molecule has 1 heterocycles. The molecule has 3 rings (SSSR count). The van der Waals surface area contributed by atoms with Crippen molar-refractivity contribution in [2.24, 2.45) is 0 Å². The van der Waals surface area contributed by atoms with Gasteiger partial charge in [-0.15, -0.1) is 0 Å². The molecule has 23 heavy (non-hydrogen) atoms. The van der Waals surface area contributed by atoms with Crippen LogP contribution in [0.5, 0.6) is 5.75 Å². The lowest BCUT2D eigenvalue weighted by molar-refractivity contribution is 0.149. The van der Waals surface area contributed by atoms with Crippen molar-refractivity contribution in [1.29, 1.82) is 5.26 Å². The second-order valence-corrected chi connectivity index (χ2v) is 6.45. The van der Waals surface area contributed by atoms with Gasteiger partial charge >= 0.3 is 0 Å². The van der Waals surface area contributed by atoms with E-state index in [1.54, 1.807) is 6.07 Å². The van der Waals surface area contributed by atoms with Gasteiger partial charge in [-0.2, -0.15) is 5.26 Å². The topological polar surface area (TPSA) is 68.5 Å². The molecule has 1 aromatic rings. The average molecular weight is 315 g/mol. The number of likely N-dealkylation sites (tertiary alicyclic amines) is 1. The van der Waals surface area contributed by atoms with Crippen molar-refractivity contribution in [2.45, 2.75) is 43.9 Å². The van der Waals surface area contributed by atoms with Crippen molar-refractivity contribution in [1.82, 2.24) is 10.2 Å². The molecule has 5 nitrogen and oxygen atoms in total. The monoisotopic (exact) mass is 315 g/mol. The van der Waals surface area contributed by atoms with E-state index in [0.29, 0.717) is 30.0 Å². The molecule has 0 spiro atoms. The largest absolute Gasteiger partial charge is 0.491 e. The summed E-state index contributed by atoms with van der Waals surface area (Å²) in [5.74, 6) is 0.655. The van der Waals surface area contributed by atoms with E-state index in [1.165, 1.54) is 19.3 Å². The van der Waals surface area contributed by atoms with Crippen molar-refractivity contribution in [3.63, 3.8) is 0 Å². The van der Waals surface area contributed by atoms with Crippen molar-refractivity contribution >= 4 is 0 Å². The zero-order valence-electron chi connectivity index (χ0n) is 13.4. The molecule has 3 atom stereocenters. The van der Waals surface area contributed by atoms with Gasteiger partial charge in [0.1, 0.15) is 18.4 Å². The first kappa shape index (κ1) is 16.3. The molecule has 0 aromatic heterocycles. The summed E-state index contributed by atoms with van der Waals surface area (Å²) in [5.41, 5.74) is 0.581. The van der Waals surface area contributed by atoms with Crippen LogP contribution in [-0.4, -0.2) is 54.4 Å². The summed E-state index contributed by atoms with van der Waals surface area (Å²) in [6.07, 6.45) is 4.39. The SMILES string of the molecule is N#Cc1ccccc1OCCN[C@@H]1CCC[C@@H]1N1CCC(O)C1. The fraction of sp³-hybridized carbons (Fsp3) is 0.611. The Bertz CT molecular complexity index is 557. The zero-order chi connectivity index (χ0) is 16.1. The van der Waals surface area contributed by atoms with Crippen LogP contribution in [0.25, 0.3) is 0 Å². The normalized spacial score (nSPS) is 27.9. The van der Waals surface area contributed by atoms with Crippen LogP contribution in [0.2, 0.25) is 0 Å². The molecule has 1 aliphatic carbocycles. The molecule has 2 aliphatic rings. The summed E-state index contributed by atoms with van der Waals surface area (Å²) in [5, 5.41) is 22.4. The van der Waals surface area contributed by atoms with E-state index < -0.39 is 0 Å². The fourth-order valence-corrected chi connectivity index (χ4v) is 3.78. The number of nitriles is 1. The molecule has 0 bridgehead atoms. The lowest BCUT2D eigenvalue weighted by atomic mass is 10.1. The highest BCUT2D eigenvalue weighted by Crippen LogP contribution is 2.27. The minimum absolute atomic E-state index is 0.151. The van der Waals surface area contributed by atoms with Crippen molar-refractivity contribution < 1.29 is 9.84 Å². The number of hydrogen-bond acceptors (Lipinski definition) is 5. The molecule has 2 fully saturated rings. The van der Waals surface area contributed by atoms with Gasteiger partial charge in [-0.1, -0.05) is 18.6 Å². The molecule has 1 aromatic carbocycles. The Labute approximate surface area is 137 Å². The quantitative estimate of drug-likeness (QED) is 0.779. The Kier molecular flexibility index (Phi) is 5.50. The number of aliphatic hydroxyl groups is 1. The van der Waals surface area contributed by atoms with Crippen LogP contribution < -0.4 is 10.1 Å². The second-order valence-electron chi connectivity index (χ2n) is 6.45. The number of β-amino-alcohol motifs (C(OH)–C–C–N with tert-alkyl or cyclic N) is 1. The van der Waals surface area contributed by atoms with E-state index in [1.807, 2.05) is 18.2 Å². The van der Waals surface area contributed by atoms with Crippen LogP contribution in [0.3, 0.4) is 0 Å². The first-order chi connectivity index (χ1) is 11.3. The second kappa shape index (κ2) is 7.78. The van der Waals surface area contributed by atoms with Gasteiger partial charge in [0.2, 0.25) is 0 Å². The minimum Gasteiger partial charge on any atom is -0.491 e. The Hall–Kier alpha value is -1.61. The fourth-order valence-electron chi connectivity index (χ4n) is 3.78. The minimum atomic E-state index is -0.151. The average Bonchev–Trinajstić information content (AvgIpc) is 3.20. The number of nitrogens with zero attached hydrogens (tertiary/aromatic N) is 2. The van der Waals surface area contributed by atoms with Gasteiger partial charge in [-0.25, -0.2) is 0 Å². The van der Waals surface area contributed by atoms with Crippen molar-refractivity contribution in [3.8, 4) is 11.8 Å². The number of rotatable bonds is 6. The standard InChI is InChI=1S/C18H25N3O2/c19-12-14-4-1-2-7-18(14)23-11-9-20-16-5-3-6-17(16)21-10-8-15(22)13-21/h1-2,4,7,15-17,20,22H,3,5-6,8-11,13H2/t15?,16-,17+/m1/s1. The van der Waals surface area contributed by atoms with Crippen LogP contribution in [0, 0.1) is 11.3 Å². The summed E-state index contributed by atoms with van der Waals surface area (Å²) < 4.78 is 5.73. The zero-order valence-corrected chi connectivity index (χ0v) is 13.4. The van der Waals surface area contributed by atoms with E-state index in [0.717, 1.165) is 26.1 Å². The van der Waals surface area contributed by atoms with Gasteiger partial charge in [-0.05, 0) is 31.4 Å². The van der Waals surface area contributed by atoms with Crippen molar-refractivity contribution in [2.75, 3.05) is 26.2 Å². The number of ether oxygens (including phenoxy) is 1. The summed E-state index contributed by atoms with van der Waals surface area (Å²) >= 11 is 0. The van der Waals surface area contributed by atoms with E-state index in [4.69, 9.17) is 10.00 Å². The third-order valence-corrected chi connectivity index (χ3v) is 4.92. The van der Waals surface area contributed by atoms with Gasteiger partial charge in [0.25, 0.3) is 0 Å². The number of hydrogen-bond donors (Lipinski definition) is 2. The first-order valence-corrected chi connectivity index (χ1v) is 8.55. The lowest BCUT2D eigenvalue weighted by Gasteiger charge is -2.30. The van der Waals surface area contributed by atoms with Gasteiger partial charge in [0, 0.05) is 31.7 Å². The van der Waals surface area contributed by atoms with Crippen molar-refractivity contribution in [3.05, 3.63) is 29.8 Å². The Morgan fingerprint density at radius 2 is 2.17 bits per heavy atom. The molecule has 5 heteroatoms. The van der Waals surface area contributed by atoms with Gasteiger partial charge in [-0.3, -0.25) is 4.90 Å². The molecule has 0 amide bonds. The van der Waals surface area contributed by atoms with Crippen LogP contribution >= 0.6 is 0 Å². The highest BCUT2D eigenvalue weighted by atomic mass is 16.5. The maximum Gasteiger partial charge on any atom is 0.137 e. The third kappa shape index (κ3) is 4.03. The van der Waals surface area contributed by atoms with Crippen LogP contribution in [0.1, 0.15) is 31.2 Å². The molecule has 1 unspecified atom stereocenters. The predicted octanol–water partition coefficient (Wildman–Crippen LogP) is 1.51. The lowest BCUT2D eigenvalue weighted by Crippen LogP contribution is -2.47. The maximum atomic E-state index is 9.73. The highest BCUT2D eigenvalue weighted by Gasteiger charge is 2.35. The molecule has 1 saturated carbocycles. The smallest absolute Gasteiger partial charge is 0.137 e. The summed E-state index contributed by atoms with van der Waals surface area (Å²) in [6, 6.07) is 10.5. The third-order valence-electron chi connectivity index (χ3n) is 4.92. The molecular weight excluding hydrogens is 290 g/mol. The molecule has 1 saturated heterocycles. The van der Waals surface area contributed by atoms with E-state index >= 15 is 0 Å². The van der Waals surface area contributed by atoms with Gasteiger partial charge < -0.3 is 15.2 Å². The molecule has 1 aliphatic heterocycles. The number of nitrogens with one attached hydrogen (secondary N) is 1. The number of aliphatic hydroxyl groups excluding tert-OH is 1. The molecule has 0 radical (unpaired) electrons. The number of para-hydroxylation sites is 1. The van der Waals surface area contributed by atoms with Gasteiger partial charge in [0.15, 0.2) is 0 Å². The van der Waals surface area contributed by atoms with E-state index in [9.17, 15) is 5.11 Å². The summed E-state index contributed by atoms with van der Waals surface area (Å²) in [4.78, 5) is 2.43. The maximum absolute atomic E-state index is 9.73. The van der Waals surface area contributed by atoms with E-state index in [2.05, 4.69) is 16.3 Å². The summed E-state index contributed by atoms with van der Waals surface area (Å²) in [6.45, 7) is 3.16. The van der Waals surface area contributed by atoms with E-state index in [-0.39, 0.29) is 6.10 Å². The number of benzene rings is 1.